The Morgan fingerprint density at radius 3 is 2.50 bits per heavy atom. The van der Waals surface area contributed by atoms with Gasteiger partial charge in [-0.1, -0.05) is 30.3 Å². The van der Waals surface area contributed by atoms with Crippen molar-refractivity contribution in [1.29, 1.82) is 0 Å². The number of rotatable bonds is 4. The Morgan fingerprint density at radius 1 is 1.12 bits per heavy atom. The van der Waals surface area contributed by atoms with Gasteiger partial charge in [-0.05, 0) is 51.6 Å². The molecule has 0 N–H and O–H groups in total. The summed E-state index contributed by atoms with van der Waals surface area (Å²) in [6, 6.07) is 10.4. The number of carbonyl (C=O) groups excluding carboxylic acids is 1. The average Bonchev–Trinajstić information content (AvgIpc) is 3.39. The van der Waals surface area contributed by atoms with Crippen LogP contribution in [0.5, 0.6) is 0 Å². The second-order valence-corrected chi connectivity index (χ2v) is 7.51. The third-order valence-corrected chi connectivity index (χ3v) is 6.03. The van der Waals surface area contributed by atoms with E-state index in [1.54, 1.807) is 0 Å². The zero-order valence-electron chi connectivity index (χ0n) is 15.4. The number of aromatic nitrogens is 1. The molecular formula is C21H27N3O2. The lowest BCUT2D eigenvalue weighted by atomic mass is 9.89. The Kier molecular flexibility index (Phi) is 5.07. The molecule has 4 rings (SSSR count). The molecule has 138 valence electrons. The van der Waals surface area contributed by atoms with Gasteiger partial charge >= 0.3 is 0 Å². The molecule has 2 aromatic rings. The molecule has 1 aromatic heterocycles. The number of nitrogens with zero attached hydrogens (tertiary/aromatic N) is 3. The van der Waals surface area contributed by atoms with E-state index in [1.807, 2.05) is 35.2 Å². The number of oxazole rings is 1. The Labute approximate surface area is 155 Å². The van der Waals surface area contributed by atoms with Crippen molar-refractivity contribution in [3.63, 3.8) is 0 Å². The van der Waals surface area contributed by atoms with E-state index in [0.29, 0.717) is 23.4 Å². The molecule has 0 aliphatic carbocycles. The van der Waals surface area contributed by atoms with Gasteiger partial charge in [-0.3, -0.25) is 4.79 Å². The predicted molar refractivity (Wildman–Crippen MR) is 101 cm³/mol. The van der Waals surface area contributed by atoms with Crippen LogP contribution in [0.25, 0.3) is 11.3 Å². The molecule has 3 heterocycles. The Hall–Kier alpha value is -2.14. The normalized spacial score (nSPS) is 20.4. The van der Waals surface area contributed by atoms with Gasteiger partial charge in [0.15, 0.2) is 17.8 Å². The van der Waals surface area contributed by atoms with Crippen LogP contribution in [0.1, 0.15) is 43.1 Å². The summed E-state index contributed by atoms with van der Waals surface area (Å²) in [6.07, 6.45) is 6.17. The van der Waals surface area contributed by atoms with E-state index in [2.05, 4.69) is 16.8 Å². The maximum atomic E-state index is 13.0. The van der Waals surface area contributed by atoms with Crippen LogP contribution >= 0.6 is 0 Å². The predicted octanol–water partition coefficient (Wildman–Crippen LogP) is 3.68. The SMILES string of the molecule is C[C@@H](C1CCN(C(=O)c2ncoc2-c2ccccc2)CC1)N1CCCC1. The van der Waals surface area contributed by atoms with Gasteiger partial charge in [0.05, 0.1) is 0 Å². The van der Waals surface area contributed by atoms with Gasteiger partial charge in [-0.25, -0.2) is 4.98 Å². The second kappa shape index (κ2) is 7.62. The zero-order valence-corrected chi connectivity index (χ0v) is 15.4. The fourth-order valence-corrected chi connectivity index (χ4v) is 4.37. The summed E-state index contributed by atoms with van der Waals surface area (Å²) in [5.41, 5.74) is 1.33. The molecule has 2 aliphatic rings. The Morgan fingerprint density at radius 2 is 1.81 bits per heavy atom. The summed E-state index contributed by atoms with van der Waals surface area (Å²) < 4.78 is 5.52. The van der Waals surface area contributed by atoms with Crippen molar-refractivity contribution >= 4 is 5.91 Å². The molecule has 26 heavy (non-hydrogen) atoms. The van der Waals surface area contributed by atoms with Crippen molar-refractivity contribution in [2.75, 3.05) is 26.2 Å². The quantitative estimate of drug-likeness (QED) is 0.841. The zero-order chi connectivity index (χ0) is 17.9. The van der Waals surface area contributed by atoms with Crippen molar-refractivity contribution in [2.24, 2.45) is 5.92 Å². The van der Waals surface area contributed by atoms with Crippen LogP contribution in [-0.2, 0) is 0 Å². The van der Waals surface area contributed by atoms with Crippen LogP contribution in [0, 0.1) is 5.92 Å². The maximum Gasteiger partial charge on any atom is 0.276 e. The van der Waals surface area contributed by atoms with E-state index in [0.717, 1.165) is 31.5 Å². The average molecular weight is 353 g/mol. The molecule has 0 saturated carbocycles. The van der Waals surface area contributed by atoms with E-state index in [1.165, 1.54) is 32.3 Å². The molecule has 2 aliphatic heterocycles. The lowest BCUT2D eigenvalue weighted by molar-refractivity contribution is 0.0619. The summed E-state index contributed by atoms with van der Waals surface area (Å²) in [7, 11) is 0. The number of likely N-dealkylation sites (tertiary alicyclic amines) is 2. The van der Waals surface area contributed by atoms with Gasteiger partial charge in [0.2, 0.25) is 0 Å². The molecule has 2 saturated heterocycles. The highest BCUT2D eigenvalue weighted by Gasteiger charge is 2.32. The van der Waals surface area contributed by atoms with Crippen molar-refractivity contribution in [3.8, 4) is 11.3 Å². The molecule has 1 atom stereocenters. The van der Waals surface area contributed by atoms with E-state index in [-0.39, 0.29) is 5.91 Å². The number of hydrogen-bond donors (Lipinski definition) is 0. The number of amides is 1. The van der Waals surface area contributed by atoms with Gasteiger partial charge in [0.1, 0.15) is 0 Å². The van der Waals surface area contributed by atoms with E-state index >= 15 is 0 Å². The van der Waals surface area contributed by atoms with Crippen molar-refractivity contribution in [1.82, 2.24) is 14.8 Å². The molecule has 0 bridgehead atoms. The largest absolute Gasteiger partial charge is 0.443 e. The summed E-state index contributed by atoms with van der Waals surface area (Å²) in [5, 5.41) is 0. The van der Waals surface area contributed by atoms with Crippen LogP contribution in [0.3, 0.4) is 0 Å². The first-order chi connectivity index (χ1) is 12.7. The minimum absolute atomic E-state index is 0.00937. The monoisotopic (exact) mass is 353 g/mol. The van der Waals surface area contributed by atoms with Crippen molar-refractivity contribution in [2.45, 2.75) is 38.6 Å². The summed E-state index contributed by atoms with van der Waals surface area (Å²) in [6.45, 7) is 6.45. The summed E-state index contributed by atoms with van der Waals surface area (Å²) in [4.78, 5) is 21.8. The number of carbonyl (C=O) groups is 1. The van der Waals surface area contributed by atoms with E-state index in [9.17, 15) is 4.79 Å². The van der Waals surface area contributed by atoms with Gasteiger partial charge in [-0.2, -0.15) is 0 Å². The van der Waals surface area contributed by atoms with Gasteiger partial charge in [0.25, 0.3) is 5.91 Å². The second-order valence-electron chi connectivity index (χ2n) is 7.51. The van der Waals surface area contributed by atoms with Gasteiger partial charge in [0, 0.05) is 24.7 Å². The van der Waals surface area contributed by atoms with Crippen LogP contribution in [0.2, 0.25) is 0 Å². The Bertz CT molecular complexity index is 729. The maximum absolute atomic E-state index is 13.0. The van der Waals surface area contributed by atoms with Crippen molar-refractivity contribution < 1.29 is 9.21 Å². The molecule has 5 nitrogen and oxygen atoms in total. The van der Waals surface area contributed by atoms with Gasteiger partial charge in [-0.15, -0.1) is 0 Å². The smallest absolute Gasteiger partial charge is 0.276 e. The van der Waals surface area contributed by atoms with Crippen LogP contribution in [0.15, 0.2) is 41.1 Å². The molecule has 0 spiro atoms. The number of piperidine rings is 1. The summed E-state index contributed by atoms with van der Waals surface area (Å²) >= 11 is 0. The molecule has 5 heteroatoms. The van der Waals surface area contributed by atoms with E-state index in [4.69, 9.17) is 4.42 Å². The van der Waals surface area contributed by atoms with Crippen LogP contribution in [-0.4, -0.2) is 52.9 Å². The first-order valence-corrected chi connectivity index (χ1v) is 9.76. The molecule has 2 fully saturated rings. The fourth-order valence-electron chi connectivity index (χ4n) is 4.37. The lowest BCUT2D eigenvalue weighted by Gasteiger charge is -2.38. The summed E-state index contributed by atoms with van der Waals surface area (Å²) in [5.74, 6) is 1.25. The molecular weight excluding hydrogens is 326 g/mol. The topological polar surface area (TPSA) is 49.6 Å². The lowest BCUT2D eigenvalue weighted by Crippen LogP contribution is -2.45. The van der Waals surface area contributed by atoms with Gasteiger partial charge < -0.3 is 14.2 Å². The minimum Gasteiger partial charge on any atom is -0.443 e. The Balaban J connectivity index is 1.41. The molecule has 1 aromatic carbocycles. The molecule has 0 radical (unpaired) electrons. The van der Waals surface area contributed by atoms with E-state index < -0.39 is 0 Å². The number of hydrogen-bond acceptors (Lipinski definition) is 4. The number of benzene rings is 1. The highest BCUT2D eigenvalue weighted by atomic mass is 16.3. The molecule has 1 amide bonds. The van der Waals surface area contributed by atoms with Crippen LogP contribution in [0.4, 0.5) is 0 Å². The fraction of sp³-hybridized carbons (Fsp3) is 0.524. The van der Waals surface area contributed by atoms with Crippen LogP contribution < -0.4 is 0 Å². The first-order valence-electron chi connectivity index (χ1n) is 9.76. The molecule has 0 unspecified atom stereocenters. The highest BCUT2D eigenvalue weighted by molar-refractivity contribution is 5.97. The third kappa shape index (κ3) is 3.40. The minimum atomic E-state index is -0.00937. The van der Waals surface area contributed by atoms with Crippen molar-refractivity contribution in [3.05, 3.63) is 42.4 Å². The highest BCUT2D eigenvalue weighted by Crippen LogP contribution is 2.29. The standard InChI is InChI=1S/C21H27N3O2/c1-16(23-11-5-6-12-23)17-9-13-24(14-10-17)21(25)19-20(26-15-22-19)18-7-3-2-4-8-18/h2-4,7-8,15-17H,5-6,9-14H2,1H3/t16-/m0/s1. The third-order valence-electron chi connectivity index (χ3n) is 6.03. The first kappa shape index (κ1) is 17.3.